The van der Waals surface area contributed by atoms with Crippen LogP contribution in [0.5, 0.6) is 0 Å². The average molecular weight is 291 g/mol. The second-order valence-corrected chi connectivity index (χ2v) is 4.64. The molecule has 1 aromatic carbocycles. The molecule has 0 spiro atoms. The molecule has 0 saturated heterocycles. The molecule has 0 aliphatic heterocycles. The van der Waals surface area contributed by atoms with Crippen LogP contribution in [0, 0.1) is 5.82 Å². The van der Waals surface area contributed by atoms with Crippen molar-refractivity contribution in [3.05, 3.63) is 41.6 Å². The van der Waals surface area contributed by atoms with E-state index in [0.29, 0.717) is 22.2 Å². The second kappa shape index (κ2) is 5.58. The minimum Gasteiger partial charge on any atom is -0.223 e. The maximum atomic E-state index is 13.5. The van der Waals surface area contributed by atoms with Crippen LogP contribution in [0.1, 0.15) is 0 Å². The summed E-state index contributed by atoms with van der Waals surface area (Å²) in [7, 11) is 0. The van der Waals surface area contributed by atoms with Crippen molar-refractivity contribution in [1.82, 2.24) is 9.97 Å². The number of hydrogen-bond acceptors (Lipinski definition) is 3. The number of hydrogen-bond donors (Lipinski definition) is 0. The topological polar surface area (TPSA) is 25.8 Å². The molecule has 0 amide bonds. The van der Waals surface area contributed by atoms with E-state index >= 15 is 0 Å². The maximum Gasteiger partial charge on any atom is 0.288 e. The third-order valence-electron chi connectivity index (χ3n) is 2.07. The van der Waals surface area contributed by atoms with E-state index in [1.807, 2.05) is 0 Å². The Bertz CT molecular complexity index is 548. The number of thioether (sulfide) groups is 1. The lowest BCUT2D eigenvalue weighted by atomic mass is 10.1. The van der Waals surface area contributed by atoms with E-state index in [1.165, 1.54) is 24.3 Å². The Hall–Kier alpha value is -1.27. The van der Waals surface area contributed by atoms with Crippen LogP contribution in [0.4, 0.5) is 13.2 Å². The van der Waals surface area contributed by atoms with Crippen molar-refractivity contribution in [2.75, 3.05) is 0 Å². The Kier molecular flexibility index (Phi) is 4.08. The summed E-state index contributed by atoms with van der Waals surface area (Å²) in [4.78, 5) is 7.65. The van der Waals surface area contributed by atoms with Gasteiger partial charge in [0.2, 0.25) is 5.28 Å². The van der Waals surface area contributed by atoms with Gasteiger partial charge in [0.1, 0.15) is 5.69 Å². The van der Waals surface area contributed by atoms with Gasteiger partial charge >= 0.3 is 0 Å². The zero-order valence-corrected chi connectivity index (χ0v) is 10.4. The monoisotopic (exact) mass is 290 g/mol. The van der Waals surface area contributed by atoms with E-state index in [9.17, 15) is 13.2 Å². The van der Waals surface area contributed by atoms with Gasteiger partial charge in [-0.15, -0.1) is 0 Å². The van der Waals surface area contributed by atoms with Crippen molar-refractivity contribution in [3.8, 4) is 11.3 Å². The Morgan fingerprint density at radius 2 is 1.83 bits per heavy atom. The Balaban J connectivity index is 2.31. The van der Waals surface area contributed by atoms with E-state index in [1.54, 1.807) is 0 Å². The van der Waals surface area contributed by atoms with Crippen LogP contribution >= 0.6 is 23.4 Å². The Morgan fingerprint density at radius 1 is 1.17 bits per heavy atom. The molecule has 0 radical (unpaired) electrons. The van der Waals surface area contributed by atoms with E-state index in [-0.39, 0.29) is 11.0 Å². The molecule has 1 aromatic heterocycles. The van der Waals surface area contributed by atoms with E-state index in [0.717, 1.165) is 6.20 Å². The number of benzene rings is 1. The predicted molar refractivity (Wildman–Crippen MR) is 64.3 cm³/mol. The fourth-order valence-electron chi connectivity index (χ4n) is 1.34. The first-order chi connectivity index (χ1) is 8.56. The normalized spacial score (nSPS) is 10.9. The standard InChI is InChI=1S/C11H6ClF3N2S/c12-10-16-5-8(13)9(17-10)6-1-3-7(4-2-6)18-11(14)15/h1-5,11H. The molecule has 2 nitrogen and oxygen atoms in total. The largest absolute Gasteiger partial charge is 0.288 e. The summed E-state index contributed by atoms with van der Waals surface area (Å²) in [6.45, 7) is 0. The fraction of sp³-hybridized carbons (Fsp3) is 0.0909. The van der Waals surface area contributed by atoms with Gasteiger partial charge < -0.3 is 0 Å². The van der Waals surface area contributed by atoms with E-state index < -0.39 is 11.6 Å². The zero-order chi connectivity index (χ0) is 13.1. The molecule has 0 unspecified atom stereocenters. The molecule has 0 aliphatic rings. The summed E-state index contributed by atoms with van der Waals surface area (Å²) in [5.74, 6) is -3.10. The van der Waals surface area contributed by atoms with Crippen molar-refractivity contribution in [1.29, 1.82) is 0 Å². The molecule has 18 heavy (non-hydrogen) atoms. The van der Waals surface area contributed by atoms with Gasteiger partial charge in [0, 0.05) is 10.5 Å². The van der Waals surface area contributed by atoms with Gasteiger partial charge in [0.25, 0.3) is 5.76 Å². The molecule has 0 atom stereocenters. The van der Waals surface area contributed by atoms with Crippen LogP contribution < -0.4 is 0 Å². The summed E-state index contributed by atoms with van der Waals surface area (Å²) in [5.41, 5.74) is 0.499. The Morgan fingerprint density at radius 3 is 2.44 bits per heavy atom. The minimum absolute atomic E-state index is 0.0450. The molecule has 0 saturated carbocycles. The first-order valence-electron chi connectivity index (χ1n) is 4.79. The van der Waals surface area contributed by atoms with Crippen molar-refractivity contribution in [3.63, 3.8) is 0 Å². The number of aromatic nitrogens is 2. The highest BCUT2D eigenvalue weighted by Crippen LogP contribution is 2.28. The van der Waals surface area contributed by atoms with Crippen LogP contribution in [0.25, 0.3) is 11.3 Å². The lowest BCUT2D eigenvalue weighted by molar-refractivity contribution is 0.252. The van der Waals surface area contributed by atoms with Gasteiger partial charge in [-0.3, -0.25) is 0 Å². The van der Waals surface area contributed by atoms with Gasteiger partial charge in [0.15, 0.2) is 5.82 Å². The summed E-state index contributed by atoms with van der Waals surface area (Å²) < 4.78 is 37.7. The van der Waals surface area contributed by atoms with Gasteiger partial charge in [-0.1, -0.05) is 23.9 Å². The first kappa shape index (κ1) is 13.2. The molecule has 2 rings (SSSR count). The van der Waals surface area contributed by atoms with Crippen molar-refractivity contribution >= 4 is 23.4 Å². The van der Waals surface area contributed by atoms with Gasteiger partial charge in [0.05, 0.1) is 6.20 Å². The molecule has 94 valence electrons. The van der Waals surface area contributed by atoms with Crippen molar-refractivity contribution in [2.24, 2.45) is 0 Å². The van der Waals surface area contributed by atoms with Gasteiger partial charge in [-0.05, 0) is 23.7 Å². The smallest absolute Gasteiger partial charge is 0.223 e. The molecular formula is C11H6ClF3N2S. The molecule has 2 aromatic rings. The SMILES string of the molecule is Fc1cnc(Cl)nc1-c1ccc(SC(F)F)cc1. The van der Waals surface area contributed by atoms with Crippen LogP contribution in [0.15, 0.2) is 35.4 Å². The average Bonchev–Trinajstić information content (AvgIpc) is 2.33. The third kappa shape index (κ3) is 3.14. The zero-order valence-electron chi connectivity index (χ0n) is 8.78. The maximum absolute atomic E-state index is 13.5. The van der Waals surface area contributed by atoms with Crippen LogP contribution in [0.3, 0.4) is 0 Å². The van der Waals surface area contributed by atoms with Crippen LogP contribution in [-0.2, 0) is 0 Å². The third-order valence-corrected chi connectivity index (χ3v) is 2.97. The highest BCUT2D eigenvalue weighted by molar-refractivity contribution is 7.99. The molecule has 0 N–H and O–H groups in total. The lowest BCUT2D eigenvalue weighted by Crippen LogP contribution is -1.92. The molecule has 7 heteroatoms. The van der Waals surface area contributed by atoms with E-state index in [4.69, 9.17) is 11.6 Å². The minimum atomic E-state index is -2.49. The van der Waals surface area contributed by atoms with Crippen molar-refractivity contribution < 1.29 is 13.2 Å². The van der Waals surface area contributed by atoms with Crippen LogP contribution in [0.2, 0.25) is 5.28 Å². The molecule has 0 fully saturated rings. The van der Waals surface area contributed by atoms with Crippen molar-refractivity contribution in [2.45, 2.75) is 10.7 Å². The first-order valence-corrected chi connectivity index (χ1v) is 6.05. The van der Waals surface area contributed by atoms with Gasteiger partial charge in [-0.2, -0.15) is 8.78 Å². The van der Waals surface area contributed by atoms with Crippen LogP contribution in [-0.4, -0.2) is 15.7 Å². The quantitative estimate of drug-likeness (QED) is 0.624. The molecular weight excluding hydrogens is 285 g/mol. The number of nitrogens with zero attached hydrogens (tertiary/aromatic N) is 2. The molecule has 1 heterocycles. The van der Waals surface area contributed by atoms with E-state index in [2.05, 4.69) is 9.97 Å². The summed E-state index contributed by atoms with van der Waals surface area (Å²) in [6, 6.07) is 5.96. The number of halogens is 4. The summed E-state index contributed by atoms with van der Waals surface area (Å²) in [6.07, 6.45) is 0.965. The lowest BCUT2D eigenvalue weighted by Gasteiger charge is -2.04. The summed E-state index contributed by atoms with van der Waals surface area (Å²) >= 11 is 6.00. The highest BCUT2D eigenvalue weighted by atomic mass is 35.5. The highest BCUT2D eigenvalue weighted by Gasteiger charge is 2.10. The second-order valence-electron chi connectivity index (χ2n) is 3.24. The summed E-state index contributed by atoms with van der Waals surface area (Å²) in [5, 5.41) is -0.0718. The fourth-order valence-corrected chi connectivity index (χ4v) is 1.97. The number of alkyl halides is 2. The predicted octanol–water partition coefficient (Wildman–Crippen LogP) is 4.25. The molecule has 0 bridgehead atoms. The Labute approximate surface area is 110 Å². The molecule has 0 aliphatic carbocycles. The van der Waals surface area contributed by atoms with Gasteiger partial charge in [-0.25, -0.2) is 14.4 Å². The number of rotatable bonds is 3.